The molecule has 1 amide bonds. The third-order valence-corrected chi connectivity index (χ3v) is 5.65. The minimum atomic E-state index is -1.30. The zero-order chi connectivity index (χ0) is 23.7. The minimum absolute atomic E-state index is 0.101. The first-order valence-electron chi connectivity index (χ1n) is 9.74. The molecule has 164 valence electrons. The zero-order valence-electron chi connectivity index (χ0n) is 17.2. The van der Waals surface area contributed by atoms with Crippen LogP contribution in [0.3, 0.4) is 0 Å². The van der Waals surface area contributed by atoms with Crippen molar-refractivity contribution in [1.82, 2.24) is 4.98 Å². The summed E-state index contributed by atoms with van der Waals surface area (Å²) in [6, 6.07) is 18.1. The maximum atomic E-state index is 13.4. The van der Waals surface area contributed by atoms with Crippen LogP contribution in [0, 0.1) is 17.0 Å². The van der Waals surface area contributed by atoms with Crippen molar-refractivity contribution in [3.8, 4) is 11.3 Å². The molecule has 0 unspecified atom stereocenters. The highest BCUT2D eigenvalue weighted by atomic mass is 79.9. The molecule has 0 aliphatic rings. The first-order valence-corrected chi connectivity index (χ1v) is 10.5. The summed E-state index contributed by atoms with van der Waals surface area (Å²) in [6.07, 6.45) is 0. The highest BCUT2D eigenvalue weighted by Gasteiger charge is 2.23. The number of amides is 1. The van der Waals surface area contributed by atoms with Crippen LogP contribution in [0.25, 0.3) is 22.2 Å². The number of aromatic nitrogens is 1. The number of hydrogen-bond donors (Lipinski definition) is 2. The molecule has 8 nitrogen and oxygen atoms in total. The van der Waals surface area contributed by atoms with E-state index in [0.29, 0.717) is 27.7 Å². The molecule has 2 N–H and O–H groups in total. The monoisotopic (exact) mass is 505 g/mol. The van der Waals surface area contributed by atoms with Crippen LogP contribution in [0.2, 0.25) is 0 Å². The summed E-state index contributed by atoms with van der Waals surface area (Å²) in [5, 5.41) is 23.8. The SMILES string of the molecule is Cc1c(-c2ccccc2)nc2ccc(Br)cc2c1C(=O)Nc1ccc(C(=O)O)cc1[N+](=O)[O-]. The third kappa shape index (κ3) is 4.31. The van der Waals surface area contributed by atoms with Gasteiger partial charge in [0.05, 0.1) is 27.3 Å². The Kier molecular flexibility index (Phi) is 5.89. The van der Waals surface area contributed by atoms with Crippen LogP contribution in [0.15, 0.2) is 71.2 Å². The van der Waals surface area contributed by atoms with Crippen LogP contribution >= 0.6 is 15.9 Å². The van der Waals surface area contributed by atoms with Gasteiger partial charge in [0.25, 0.3) is 11.6 Å². The molecular weight excluding hydrogens is 490 g/mol. The molecule has 0 spiro atoms. The summed E-state index contributed by atoms with van der Waals surface area (Å²) in [7, 11) is 0. The second kappa shape index (κ2) is 8.79. The molecule has 0 bridgehead atoms. The standard InChI is InChI=1S/C24H16BrN3O5/c1-13-21(23(29)27-19-9-7-15(24(30)31)11-20(19)28(32)33)17-12-16(25)8-10-18(17)26-22(13)14-5-3-2-4-6-14/h2-12H,1H3,(H,27,29)(H,30,31). The van der Waals surface area contributed by atoms with E-state index >= 15 is 0 Å². The summed E-state index contributed by atoms with van der Waals surface area (Å²) in [5.74, 6) is -1.87. The summed E-state index contributed by atoms with van der Waals surface area (Å²) in [5.41, 5.74) is 2.09. The van der Waals surface area contributed by atoms with Gasteiger partial charge in [-0.3, -0.25) is 14.9 Å². The van der Waals surface area contributed by atoms with Gasteiger partial charge in [-0.2, -0.15) is 0 Å². The van der Waals surface area contributed by atoms with Crippen molar-refractivity contribution in [1.29, 1.82) is 0 Å². The van der Waals surface area contributed by atoms with Crippen LogP contribution in [0.1, 0.15) is 26.3 Å². The van der Waals surface area contributed by atoms with E-state index in [1.165, 1.54) is 12.1 Å². The maximum absolute atomic E-state index is 13.4. The first kappa shape index (κ1) is 22.1. The molecule has 0 radical (unpaired) electrons. The fourth-order valence-electron chi connectivity index (χ4n) is 3.61. The smallest absolute Gasteiger partial charge is 0.335 e. The number of anilines is 1. The number of aromatic carboxylic acids is 1. The topological polar surface area (TPSA) is 122 Å². The predicted octanol–water partition coefficient (Wildman–Crippen LogP) is 5.83. The number of hydrogen-bond acceptors (Lipinski definition) is 5. The molecule has 0 saturated carbocycles. The van der Waals surface area contributed by atoms with Crippen LogP contribution in [0.5, 0.6) is 0 Å². The number of nitro groups is 1. The number of carboxylic acids is 1. The highest BCUT2D eigenvalue weighted by Crippen LogP contribution is 2.33. The van der Waals surface area contributed by atoms with Gasteiger partial charge >= 0.3 is 5.97 Å². The molecule has 0 aliphatic heterocycles. The van der Waals surface area contributed by atoms with Crippen LogP contribution in [-0.2, 0) is 0 Å². The number of nitro benzene ring substituents is 1. The fourth-order valence-corrected chi connectivity index (χ4v) is 3.97. The van der Waals surface area contributed by atoms with Crippen molar-refractivity contribution in [2.45, 2.75) is 6.92 Å². The second-order valence-electron chi connectivity index (χ2n) is 7.24. The lowest BCUT2D eigenvalue weighted by atomic mass is 9.97. The predicted molar refractivity (Wildman–Crippen MR) is 128 cm³/mol. The Hall–Kier alpha value is -4.11. The second-order valence-corrected chi connectivity index (χ2v) is 8.15. The molecule has 4 rings (SSSR count). The van der Waals surface area contributed by atoms with E-state index in [2.05, 4.69) is 21.2 Å². The van der Waals surface area contributed by atoms with Gasteiger partial charge in [-0.25, -0.2) is 9.78 Å². The molecule has 1 heterocycles. The summed E-state index contributed by atoms with van der Waals surface area (Å²) in [4.78, 5) is 40.2. The van der Waals surface area contributed by atoms with Gasteiger partial charge in [0.2, 0.25) is 0 Å². The molecule has 1 aromatic heterocycles. The quantitative estimate of drug-likeness (QED) is 0.259. The number of nitrogens with one attached hydrogen (secondary N) is 1. The Bertz CT molecular complexity index is 1440. The number of rotatable bonds is 5. The van der Waals surface area contributed by atoms with Crippen molar-refractivity contribution >= 4 is 50.1 Å². The van der Waals surface area contributed by atoms with Gasteiger partial charge in [-0.05, 0) is 42.8 Å². The normalized spacial score (nSPS) is 10.7. The fraction of sp³-hybridized carbons (Fsp3) is 0.0417. The van der Waals surface area contributed by atoms with E-state index in [4.69, 9.17) is 10.1 Å². The van der Waals surface area contributed by atoms with Gasteiger partial charge in [0.15, 0.2) is 0 Å². The van der Waals surface area contributed by atoms with Gasteiger partial charge in [-0.15, -0.1) is 0 Å². The minimum Gasteiger partial charge on any atom is -0.478 e. The van der Waals surface area contributed by atoms with Gasteiger partial charge in [0.1, 0.15) is 5.69 Å². The van der Waals surface area contributed by atoms with Crippen molar-refractivity contribution in [3.63, 3.8) is 0 Å². The number of nitrogens with zero attached hydrogens (tertiary/aromatic N) is 2. The number of pyridine rings is 1. The molecule has 33 heavy (non-hydrogen) atoms. The molecule has 3 aromatic carbocycles. The van der Waals surface area contributed by atoms with E-state index in [1.54, 1.807) is 19.1 Å². The van der Waals surface area contributed by atoms with Crippen molar-refractivity contribution in [3.05, 3.63) is 98.0 Å². The molecule has 0 saturated heterocycles. The molecule has 0 aliphatic carbocycles. The summed E-state index contributed by atoms with van der Waals surface area (Å²) >= 11 is 3.42. The first-order chi connectivity index (χ1) is 15.8. The molecular formula is C24H16BrN3O5. The largest absolute Gasteiger partial charge is 0.478 e. The van der Waals surface area contributed by atoms with Crippen LogP contribution < -0.4 is 5.32 Å². The lowest BCUT2D eigenvalue weighted by Gasteiger charge is -2.15. The van der Waals surface area contributed by atoms with E-state index in [1.807, 2.05) is 36.4 Å². The van der Waals surface area contributed by atoms with E-state index in [0.717, 1.165) is 16.1 Å². The number of carbonyl (C=O) groups is 2. The lowest BCUT2D eigenvalue weighted by molar-refractivity contribution is -0.383. The average molecular weight is 506 g/mol. The number of halogens is 1. The van der Waals surface area contributed by atoms with Gasteiger partial charge < -0.3 is 10.4 Å². The van der Waals surface area contributed by atoms with E-state index in [-0.39, 0.29) is 11.3 Å². The molecule has 0 atom stereocenters. The maximum Gasteiger partial charge on any atom is 0.335 e. The third-order valence-electron chi connectivity index (χ3n) is 5.15. The van der Waals surface area contributed by atoms with Crippen LogP contribution in [-0.4, -0.2) is 26.9 Å². The van der Waals surface area contributed by atoms with Crippen molar-refractivity contribution < 1.29 is 19.6 Å². The van der Waals surface area contributed by atoms with E-state index < -0.39 is 22.5 Å². The molecule has 9 heteroatoms. The Morgan fingerprint density at radius 3 is 2.45 bits per heavy atom. The molecule has 4 aromatic rings. The molecule has 0 fully saturated rings. The number of benzene rings is 3. The Morgan fingerprint density at radius 1 is 1.06 bits per heavy atom. The van der Waals surface area contributed by atoms with E-state index in [9.17, 15) is 19.7 Å². The van der Waals surface area contributed by atoms with Crippen LogP contribution in [0.4, 0.5) is 11.4 Å². The number of fused-ring (bicyclic) bond motifs is 1. The van der Waals surface area contributed by atoms with Crippen molar-refractivity contribution in [2.75, 3.05) is 5.32 Å². The summed E-state index contributed by atoms with van der Waals surface area (Å²) < 4.78 is 0.745. The Balaban J connectivity index is 1.88. The highest BCUT2D eigenvalue weighted by molar-refractivity contribution is 9.10. The number of carbonyl (C=O) groups excluding carboxylic acids is 1. The zero-order valence-corrected chi connectivity index (χ0v) is 18.8. The van der Waals surface area contributed by atoms with Crippen molar-refractivity contribution in [2.24, 2.45) is 0 Å². The average Bonchev–Trinajstić information content (AvgIpc) is 2.79. The Morgan fingerprint density at radius 2 is 1.79 bits per heavy atom. The number of carboxylic acid groups (broad SMARTS) is 1. The lowest BCUT2D eigenvalue weighted by Crippen LogP contribution is -2.16. The summed E-state index contributed by atoms with van der Waals surface area (Å²) in [6.45, 7) is 1.77. The van der Waals surface area contributed by atoms with Gasteiger partial charge in [0, 0.05) is 21.5 Å². The Labute approximate surface area is 196 Å². The van der Waals surface area contributed by atoms with Gasteiger partial charge in [-0.1, -0.05) is 46.3 Å².